The summed E-state index contributed by atoms with van der Waals surface area (Å²) in [5.74, 6) is 0.0275. The number of benzene rings is 1. The first-order valence-electron chi connectivity index (χ1n) is 5.45. The fourth-order valence-electron chi connectivity index (χ4n) is 1.74. The number of allylic oxidation sites excluding steroid dienone is 1. The van der Waals surface area contributed by atoms with E-state index in [0.29, 0.717) is 27.8 Å². The highest BCUT2D eigenvalue weighted by atomic mass is 35.5. The van der Waals surface area contributed by atoms with Gasteiger partial charge in [-0.2, -0.15) is 0 Å². The van der Waals surface area contributed by atoms with Crippen LogP contribution in [-0.2, 0) is 16.0 Å². The highest BCUT2D eigenvalue weighted by Crippen LogP contribution is 2.26. The summed E-state index contributed by atoms with van der Waals surface area (Å²) in [6.45, 7) is 0.684. The molecule has 0 N–H and O–H groups in total. The van der Waals surface area contributed by atoms with Crippen LogP contribution in [0, 0.1) is 0 Å². The molecule has 0 amide bonds. The summed E-state index contributed by atoms with van der Waals surface area (Å²) in [6, 6.07) is 5.24. The van der Waals surface area contributed by atoms with E-state index >= 15 is 0 Å². The molecule has 0 spiro atoms. The predicted molar refractivity (Wildman–Crippen MR) is 68.4 cm³/mol. The summed E-state index contributed by atoms with van der Waals surface area (Å²) >= 11 is 12.1. The molecule has 4 heteroatoms. The van der Waals surface area contributed by atoms with Crippen LogP contribution in [0.1, 0.15) is 18.4 Å². The highest BCUT2D eigenvalue weighted by Gasteiger charge is 2.16. The lowest BCUT2D eigenvalue weighted by atomic mass is 10.00. The van der Waals surface area contributed by atoms with Crippen molar-refractivity contribution in [2.24, 2.45) is 0 Å². The van der Waals surface area contributed by atoms with Crippen molar-refractivity contribution in [2.75, 3.05) is 6.61 Å². The smallest absolute Gasteiger partial charge is 0.166 e. The van der Waals surface area contributed by atoms with Crippen LogP contribution in [0.15, 0.2) is 30.0 Å². The van der Waals surface area contributed by atoms with Gasteiger partial charge >= 0.3 is 0 Å². The van der Waals surface area contributed by atoms with Crippen LogP contribution in [-0.4, -0.2) is 12.4 Å². The third-order valence-electron chi connectivity index (χ3n) is 2.69. The molecule has 1 aliphatic rings. The molecule has 0 aromatic heterocycles. The minimum atomic E-state index is 0.0275. The second kappa shape index (κ2) is 5.56. The normalized spacial score (nSPS) is 15.1. The third kappa shape index (κ3) is 3.02. The summed E-state index contributed by atoms with van der Waals surface area (Å²) in [5, 5.41) is 1.06. The van der Waals surface area contributed by atoms with Gasteiger partial charge in [-0.15, -0.1) is 0 Å². The molecule has 0 radical (unpaired) electrons. The van der Waals surface area contributed by atoms with E-state index in [1.807, 2.05) is 0 Å². The quantitative estimate of drug-likeness (QED) is 0.835. The Morgan fingerprint density at radius 2 is 2.00 bits per heavy atom. The lowest BCUT2D eigenvalue weighted by molar-refractivity contribution is -0.115. The minimum absolute atomic E-state index is 0.0275. The van der Waals surface area contributed by atoms with Gasteiger partial charge in [-0.05, 0) is 30.5 Å². The molecular formula is C13H12Cl2O2. The van der Waals surface area contributed by atoms with E-state index in [9.17, 15) is 4.79 Å². The maximum atomic E-state index is 12.0. The van der Waals surface area contributed by atoms with Gasteiger partial charge in [0.1, 0.15) is 0 Å². The zero-order valence-electron chi connectivity index (χ0n) is 9.21. The van der Waals surface area contributed by atoms with Crippen molar-refractivity contribution in [2.45, 2.75) is 19.3 Å². The van der Waals surface area contributed by atoms with Crippen molar-refractivity contribution in [3.05, 3.63) is 45.6 Å². The molecule has 0 atom stereocenters. The van der Waals surface area contributed by atoms with Crippen molar-refractivity contribution in [1.29, 1.82) is 0 Å². The Morgan fingerprint density at radius 1 is 1.29 bits per heavy atom. The van der Waals surface area contributed by atoms with Crippen molar-refractivity contribution in [3.63, 3.8) is 0 Å². The summed E-state index contributed by atoms with van der Waals surface area (Å²) in [4.78, 5) is 12.0. The number of hydrogen-bond donors (Lipinski definition) is 0. The summed E-state index contributed by atoms with van der Waals surface area (Å²) in [7, 11) is 0. The highest BCUT2D eigenvalue weighted by molar-refractivity contribution is 6.36. The second-order valence-corrected chi connectivity index (χ2v) is 4.73. The van der Waals surface area contributed by atoms with E-state index in [1.165, 1.54) is 0 Å². The Balaban J connectivity index is 2.15. The first-order valence-corrected chi connectivity index (χ1v) is 6.21. The molecule has 1 aliphatic heterocycles. The molecule has 0 saturated carbocycles. The summed E-state index contributed by atoms with van der Waals surface area (Å²) in [5.41, 5.74) is 1.40. The number of rotatable bonds is 3. The topological polar surface area (TPSA) is 26.3 Å². The van der Waals surface area contributed by atoms with Gasteiger partial charge in [-0.3, -0.25) is 4.79 Å². The van der Waals surface area contributed by atoms with Crippen molar-refractivity contribution >= 4 is 29.0 Å². The van der Waals surface area contributed by atoms with Crippen LogP contribution in [0.2, 0.25) is 10.0 Å². The molecule has 0 saturated heterocycles. The van der Waals surface area contributed by atoms with Gasteiger partial charge in [0, 0.05) is 22.0 Å². The Morgan fingerprint density at radius 3 is 2.59 bits per heavy atom. The van der Waals surface area contributed by atoms with Crippen LogP contribution in [0.5, 0.6) is 0 Å². The molecule has 0 bridgehead atoms. The van der Waals surface area contributed by atoms with Crippen LogP contribution < -0.4 is 0 Å². The number of carbonyl (C=O) groups is 1. The number of hydrogen-bond acceptors (Lipinski definition) is 2. The molecule has 1 aromatic carbocycles. The van der Waals surface area contributed by atoms with E-state index in [-0.39, 0.29) is 12.2 Å². The molecular weight excluding hydrogens is 259 g/mol. The number of ether oxygens (including phenoxy) is 1. The number of halogens is 2. The number of Topliss-reactive ketones (excluding diaryl/α,β-unsaturated/α-hetero) is 1. The van der Waals surface area contributed by atoms with Gasteiger partial charge in [-0.25, -0.2) is 0 Å². The molecule has 17 heavy (non-hydrogen) atoms. The fraction of sp³-hybridized carbons (Fsp3) is 0.308. The van der Waals surface area contributed by atoms with Crippen molar-refractivity contribution in [1.82, 2.24) is 0 Å². The van der Waals surface area contributed by atoms with Gasteiger partial charge < -0.3 is 4.74 Å². The van der Waals surface area contributed by atoms with Gasteiger partial charge in [0.15, 0.2) is 5.78 Å². The Hall–Kier alpha value is -0.990. The Bertz CT molecular complexity index is 446. The Kier molecular flexibility index (Phi) is 4.08. The maximum absolute atomic E-state index is 12.0. The standard InChI is InChI=1S/C13H12Cl2O2/c14-11-4-1-5-12(15)10(11)7-13(16)9-3-2-6-17-8-9/h1,4-5,8H,2-3,6-7H2. The van der Waals surface area contributed by atoms with Crippen molar-refractivity contribution < 1.29 is 9.53 Å². The molecule has 90 valence electrons. The Labute approximate surface area is 110 Å². The second-order valence-electron chi connectivity index (χ2n) is 3.92. The molecule has 0 fully saturated rings. The van der Waals surface area contributed by atoms with E-state index in [4.69, 9.17) is 27.9 Å². The molecule has 0 unspecified atom stereocenters. The largest absolute Gasteiger partial charge is 0.501 e. The summed E-state index contributed by atoms with van der Waals surface area (Å²) in [6.07, 6.45) is 3.43. The zero-order valence-corrected chi connectivity index (χ0v) is 10.7. The van der Waals surface area contributed by atoms with Gasteiger partial charge in [0.25, 0.3) is 0 Å². The first-order chi connectivity index (χ1) is 8.18. The zero-order chi connectivity index (χ0) is 12.3. The summed E-state index contributed by atoms with van der Waals surface area (Å²) < 4.78 is 5.15. The molecule has 1 aromatic rings. The van der Waals surface area contributed by atoms with Crippen LogP contribution in [0.3, 0.4) is 0 Å². The van der Waals surface area contributed by atoms with Crippen LogP contribution in [0.25, 0.3) is 0 Å². The predicted octanol–water partition coefficient (Wildman–Crippen LogP) is 3.80. The van der Waals surface area contributed by atoms with Gasteiger partial charge in [0.2, 0.25) is 0 Å². The maximum Gasteiger partial charge on any atom is 0.166 e. The molecule has 2 nitrogen and oxygen atoms in total. The van der Waals surface area contributed by atoms with Gasteiger partial charge in [0.05, 0.1) is 12.9 Å². The molecule has 2 rings (SSSR count). The fourth-order valence-corrected chi connectivity index (χ4v) is 2.28. The third-order valence-corrected chi connectivity index (χ3v) is 3.40. The minimum Gasteiger partial charge on any atom is -0.501 e. The van der Waals surface area contributed by atoms with E-state index in [2.05, 4.69) is 0 Å². The van der Waals surface area contributed by atoms with E-state index in [0.717, 1.165) is 12.8 Å². The van der Waals surface area contributed by atoms with Gasteiger partial charge in [-0.1, -0.05) is 29.3 Å². The SMILES string of the molecule is O=C(Cc1c(Cl)cccc1Cl)C1=COCCC1. The number of ketones is 1. The average molecular weight is 271 g/mol. The first kappa shape index (κ1) is 12.5. The monoisotopic (exact) mass is 270 g/mol. The lowest BCUT2D eigenvalue weighted by Crippen LogP contribution is -2.11. The number of carbonyl (C=O) groups excluding carboxylic acids is 1. The van der Waals surface area contributed by atoms with Crippen molar-refractivity contribution in [3.8, 4) is 0 Å². The van der Waals surface area contributed by atoms with Crippen LogP contribution >= 0.6 is 23.2 Å². The van der Waals surface area contributed by atoms with E-state index in [1.54, 1.807) is 24.5 Å². The van der Waals surface area contributed by atoms with Crippen LogP contribution in [0.4, 0.5) is 0 Å². The van der Waals surface area contributed by atoms with E-state index < -0.39 is 0 Å². The molecule has 1 heterocycles. The lowest BCUT2D eigenvalue weighted by Gasteiger charge is -2.13. The average Bonchev–Trinajstić information content (AvgIpc) is 2.35. The molecule has 0 aliphatic carbocycles.